The van der Waals surface area contributed by atoms with Crippen molar-refractivity contribution in [2.45, 2.75) is 38.5 Å². The molecule has 1 aromatic rings. The summed E-state index contributed by atoms with van der Waals surface area (Å²) in [6.45, 7) is 0.241. The Kier molecular flexibility index (Phi) is 7.50. The average molecular weight is 369 g/mol. The number of nitrogens with two attached hydrogens (primary N) is 1. The lowest BCUT2D eigenvalue weighted by atomic mass is 9.86. The molecule has 1 radical (unpaired) electrons. The van der Waals surface area contributed by atoms with E-state index in [-0.39, 0.29) is 23.8 Å². The number of nitrogens with zero attached hydrogens (tertiary/aromatic N) is 1. The predicted molar refractivity (Wildman–Crippen MR) is 96.7 cm³/mol. The zero-order valence-corrected chi connectivity index (χ0v) is 14.9. The predicted octanol–water partition coefficient (Wildman–Crippen LogP) is 3.97. The standard InChI is InChI=1S/C18H24ClFN3O2/c19-14-7-4-8-15(17(14)20)22-11-12-23(18(21)25)16(24)10-9-13-5-2-1-3-6-13/h4,7-8,10,13,22H,1-3,5-6,9,11-12H2,(H2,21,25). The zero-order chi connectivity index (χ0) is 18.2. The Morgan fingerprint density at radius 3 is 2.72 bits per heavy atom. The molecule has 7 heteroatoms. The van der Waals surface area contributed by atoms with Crippen molar-refractivity contribution in [3.8, 4) is 0 Å². The molecule has 0 bridgehead atoms. The Bertz CT molecular complexity index is 606. The largest absolute Gasteiger partial charge is 0.381 e. The number of anilines is 1. The van der Waals surface area contributed by atoms with Gasteiger partial charge in [-0.15, -0.1) is 0 Å². The van der Waals surface area contributed by atoms with Crippen LogP contribution in [0.4, 0.5) is 14.9 Å². The van der Waals surface area contributed by atoms with Crippen LogP contribution >= 0.6 is 11.6 Å². The van der Waals surface area contributed by atoms with E-state index in [9.17, 15) is 14.0 Å². The maximum atomic E-state index is 13.8. The van der Waals surface area contributed by atoms with Crippen molar-refractivity contribution in [1.82, 2.24) is 4.90 Å². The molecule has 1 fully saturated rings. The first-order valence-corrected chi connectivity index (χ1v) is 8.99. The Labute approximate surface area is 152 Å². The number of nitrogens with one attached hydrogen (secondary N) is 1. The van der Waals surface area contributed by atoms with E-state index < -0.39 is 17.8 Å². The number of hydrogen-bond donors (Lipinski definition) is 2. The Morgan fingerprint density at radius 1 is 1.32 bits per heavy atom. The molecule has 0 aliphatic heterocycles. The van der Waals surface area contributed by atoms with Crippen LogP contribution in [0.1, 0.15) is 38.5 Å². The Balaban J connectivity index is 1.82. The van der Waals surface area contributed by atoms with Crippen molar-refractivity contribution < 1.29 is 14.0 Å². The number of imide groups is 1. The lowest BCUT2D eigenvalue weighted by molar-refractivity contribution is -0.124. The molecule has 3 amide bonds. The number of carbonyl (C=O) groups is 2. The highest BCUT2D eigenvalue weighted by Gasteiger charge is 2.21. The van der Waals surface area contributed by atoms with Crippen molar-refractivity contribution in [3.63, 3.8) is 0 Å². The zero-order valence-electron chi connectivity index (χ0n) is 14.1. The van der Waals surface area contributed by atoms with Gasteiger partial charge < -0.3 is 11.1 Å². The third-order valence-corrected chi connectivity index (χ3v) is 4.78. The number of benzene rings is 1. The van der Waals surface area contributed by atoms with Gasteiger partial charge in [-0.05, 0) is 24.5 Å². The Hall–Kier alpha value is -1.82. The minimum absolute atomic E-state index is 0.00801. The molecule has 0 saturated heterocycles. The second kappa shape index (κ2) is 9.61. The highest BCUT2D eigenvalue weighted by Crippen LogP contribution is 2.27. The van der Waals surface area contributed by atoms with Gasteiger partial charge in [0.05, 0.1) is 17.1 Å². The molecule has 1 aromatic carbocycles. The van der Waals surface area contributed by atoms with E-state index in [1.807, 2.05) is 0 Å². The first-order valence-electron chi connectivity index (χ1n) is 8.61. The fourth-order valence-electron chi connectivity index (χ4n) is 3.07. The molecule has 0 aromatic heterocycles. The second-order valence-electron chi connectivity index (χ2n) is 6.30. The molecule has 1 saturated carbocycles. The third kappa shape index (κ3) is 5.88. The normalized spacial score (nSPS) is 15.0. The van der Waals surface area contributed by atoms with Gasteiger partial charge in [-0.1, -0.05) is 49.8 Å². The van der Waals surface area contributed by atoms with Crippen molar-refractivity contribution >= 4 is 29.2 Å². The van der Waals surface area contributed by atoms with E-state index in [1.165, 1.54) is 31.4 Å². The number of carbonyl (C=O) groups excluding carboxylic acids is 2. The molecule has 1 aliphatic carbocycles. The molecule has 2 rings (SSSR count). The lowest BCUT2D eigenvalue weighted by Gasteiger charge is -2.23. The molecule has 0 spiro atoms. The highest BCUT2D eigenvalue weighted by atomic mass is 35.5. The third-order valence-electron chi connectivity index (χ3n) is 4.49. The first-order chi connectivity index (χ1) is 12.0. The number of primary amides is 1. The summed E-state index contributed by atoms with van der Waals surface area (Å²) in [5.41, 5.74) is 5.52. The number of urea groups is 1. The second-order valence-corrected chi connectivity index (χ2v) is 6.71. The first kappa shape index (κ1) is 19.5. The average Bonchev–Trinajstić information content (AvgIpc) is 2.60. The van der Waals surface area contributed by atoms with Crippen LogP contribution in [0, 0.1) is 18.2 Å². The molecule has 25 heavy (non-hydrogen) atoms. The molecular weight excluding hydrogens is 345 g/mol. The van der Waals surface area contributed by atoms with E-state index in [0.29, 0.717) is 12.3 Å². The summed E-state index contributed by atoms with van der Waals surface area (Å²) in [4.78, 5) is 24.7. The summed E-state index contributed by atoms with van der Waals surface area (Å²) in [6.07, 6.45) is 8.10. The quantitative estimate of drug-likeness (QED) is 0.764. The maximum Gasteiger partial charge on any atom is 0.321 e. The summed E-state index contributed by atoms with van der Waals surface area (Å²) in [7, 11) is 0. The van der Waals surface area contributed by atoms with Crippen molar-refractivity contribution in [2.75, 3.05) is 18.4 Å². The summed E-state index contributed by atoms with van der Waals surface area (Å²) in [6, 6.07) is 3.79. The van der Waals surface area contributed by atoms with Gasteiger partial charge in [0.15, 0.2) is 5.82 Å². The topological polar surface area (TPSA) is 75.4 Å². The van der Waals surface area contributed by atoms with Gasteiger partial charge in [-0.25, -0.2) is 9.18 Å². The molecule has 1 aliphatic rings. The van der Waals surface area contributed by atoms with Gasteiger partial charge in [0.1, 0.15) is 0 Å². The number of amides is 3. The van der Waals surface area contributed by atoms with Gasteiger partial charge in [0, 0.05) is 13.1 Å². The van der Waals surface area contributed by atoms with Crippen molar-refractivity contribution in [2.24, 2.45) is 11.7 Å². The number of halogens is 2. The van der Waals surface area contributed by atoms with E-state index in [2.05, 4.69) is 5.32 Å². The van der Waals surface area contributed by atoms with Crippen molar-refractivity contribution in [3.05, 3.63) is 35.5 Å². The smallest absolute Gasteiger partial charge is 0.321 e. The van der Waals surface area contributed by atoms with E-state index in [0.717, 1.165) is 17.7 Å². The SMILES string of the molecule is NC(=O)N(CCNc1cccc(Cl)c1F)C(=O)[CH]CC1CCCCC1. The fraction of sp³-hybridized carbons (Fsp3) is 0.500. The maximum absolute atomic E-state index is 13.8. The fourth-order valence-corrected chi connectivity index (χ4v) is 3.25. The molecule has 5 nitrogen and oxygen atoms in total. The lowest BCUT2D eigenvalue weighted by Crippen LogP contribution is -2.43. The van der Waals surface area contributed by atoms with Gasteiger partial charge in [-0.3, -0.25) is 9.69 Å². The van der Waals surface area contributed by atoms with Gasteiger partial charge in [0.25, 0.3) is 0 Å². The molecule has 0 heterocycles. The summed E-state index contributed by atoms with van der Waals surface area (Å²) in [5.74, 6) is -0.456. The molecule has 0 atom stereocenters. The van der Waals surface area contributed by atoms with E-state index >= 15 is 0 Å². The van der Waals surface area contributed by atoms with Gasteiger partial charge in [0.2, 0.25) is 5.91 Å². The number of rotatable bonds is 7. The van der Waals surface area contributed by atoms with Gasteiger partial charge in [-0.2, -0.15) is 0 Å². The number of hydrogen-bond acceptors (Lipinski definition) is 3. The summed E-state index contributed by atoms with van der Waals surface area (Å²) < 4.78 is 13.8. The van der Waals surface area contributed by atoms with E-state index in [4.69, 9.17) is 17.3 Å². The van der Waals surface area contributed by atoms with Crippen molar-refractivity contribution in [1.29, 1.82) is 0 Å². The van der Waals surface area contributed by atoms with E-state index in [1.54, 1.807) is 12.5 Å². The molecule has 3 N–H and O–H groups in total. The van der Waals surface area contributed by atoms with Crippen LogP contribution in [-0.2, 0) is 4.79 Å². The summed E-state index contributed by atoms with van der Waals surface area (Å²) >= 11 is 5.71. The minimum atomic E-state index is -0.807. The van der Waals surface area contributed by atoms with Crippen LogP contribution < -0.4 is 11.1 Å². The Morgan fingerprint density at radius 2 is 2.04 bits per heavy atom. The van der Waals surface area contributed by atoms with Crippen LogP contribution in [0.5, 0.6) is 0 Å². The van der Waals surface area contributed by atoms with Crippen LogP contribution in [-0.4, -0.2) is 29.9 Å². The van der Waals surface area contributed by atoms with Crippen LogP contribution in [0.15, 0.2) is 18.2 Å². The van der Waals surface area contributed by atoms with Gasteiger partial charge >= 0.3 is 6.03 Å². The van der Waals surface area contributed by atoms with Crippen LogP contribution in [0.2, 0.25) is 5.02 Å². The summed E-state index contributed by atoms with van der Waals surface area (Å²) in [5, 5.41) is 2.83. The minimum Gasteiger partial charge on any atom is -0.381 e. The molecule has 137 valence electrons. The monoisotopic (exact) mass is 368 g/mol. The molecule has 0 unspecified atom stereocenters. The van der Waals surface area contributed by atoms with Crippen LogP contribution in [0.25, 0.3) is 0 Å². The molecular formula is C18H24ClFN3O2. The van der Waals surface area contributed by atoms with Crippen LogP contribution in [0.3, 0.4) is 0 Å². The highest BCUT2D eigenvalue weighted by molar-refractivity contribution is 6.31.